The van der Waals surface area contributed by atoms with Gasteiger partial charge in [-0.25, -0.2) is 9.59 Å². The van der Waals surface area contributed by atoms with E-state index >= 15 is 0 Å². The number of hydrogen-bond acceptors (Lipinski definition) is 7. The summed E-state index contributed by atoms with van der Waals surface area (Å²) in [6.07, 6.45) is 0.650. The number of carbonyl (C=O) groups is 3. The van der Waals surface area contributed by atoms with E-state index in [4.69, 9.17) is 9.47 Å². The van der Waals surface area contributed by atoms with Gasteiger partial charge in [-0.1, -0.05) is 20.3 Å². The lowest BCUT2D eigenvalue weighted by molar-refractivity contribution is -0.147. The molecule has 2 unspecified atom stereocenters. The normalized spacial score (nSPS) is 12.6. The molecule has 0 heterocycles. The van der Waals surface area contributed by atoms with Crippen LogP contribution in [-0.2, 0) is 19.1 Å². The number of aromatic hydroxyl groups is 1. The van der Waals surface area contributed by atoms with Gasteiger partial charge < -0.3 is 24.6 Å². The smallest absolute Gasteiger partial charge is 0.342 e. The average molecular weight is 353 g/mol. The summed E-state index contributed by atoms with van der Waals surface area (Å²) in [5.74, 6) is -2.18. The molecule has 0 aliphatic heterocycles. The van der Waals surface area contributed by atoms with Crippen LogP contribution in [0, 0.1) is 5.92 Å². The van der Waals surface area contributed by atoms with Crippen molar-refractivity contribution in [2.24, 2.45) is 5.92 Å². The van der Waals surface area contributed by atoms with Gasteiger partial charge in [-0.3, -0.25) is 4.79 Å². The number of phenolic OH excluding ortho intramolecular Hbond substituents is 1. The van der Waals surface area contributed by atoms with E-state index in [0.717, 1.165) is 0 Å². The molecule has 0 radical (unpaired) electrons. The lowest BCUT2D eigenvalue weighted by Crippen LogP contribution is -2.47. The number of phenols is 1. The number of carbonyl (C=O) groups excluding carboxylic acids is 3. The van der Waals surface area contributed by atoms with Gasteiger partial charge >= 0.3 is 11.9 Å². The zero-order valence-corrected chi connectivity index (χ0v) is 14.7. The van der Waals surface area contributed by atoms with Crippen LogP contribution in [0.4, 0.5) is 0 Å². The third-order valence-electron chi connectivity index (χ3n) is 3.74. The van der Waals surface area contributed by atoms with Gasteiger partial charge in [0.25, 0.3) is 5.91 Å². The van der Waals surface area contributed by atoms with Crippen LogP contribution >= 0.6 is 0 Å². The predicted octanol–water partition coefficient (Wildman–Crippen LogP) is 1.26. The van der Waals surface area contributed by atoms with E-state index in [9.17, 15) is 19.5 Å². The second-order valence-corrected chi connectivity index (χ2v) is 5.41. The van der Waals surface area contributed by atoms with Crippen molar-refractivity contribution in [3.63, 3.8) is 0 Å². The molecule has 0 fully saturated rings. The number of methoxy groups -OCH3 is 2. The van der Waals surface area contributed by atoms with Crippen molar-refractivity contribution in [2.75, 3.05) is 20.8 Å². The number of benzene rings is 1. The number of ether oxygens (including phenoxy) is 3. The maximum Gasteiger partial charge on any atom is 0.342 e. The maximum absolute atomic E-state index is 12.0. The molecule has 25 heavy (non-hydrogen) atoms. The van der Waals surface area contributed by atoms with Crippen LogP contribution in [0.25, 0.3) is 0 Å². The lowest BCUT2D eigenvalue weighted by Gasteiger charge is -2.21. The second-order valence-electron chi connectivity index (χ2n) is 5.41. The van der Waals surface area contributed by atoms with E-state index in [1.807, 2.05) is 6.92 Å². The van der Waals surface area contributed by atoms with E-state index < -0.39 is 30.5 Å². The van der Waals surface area contributed by atoms with Gasteiger partial charge in [0.15, 0.2) is 6.61 Å². The molecule has 8 nitrogen and oxygen atoms in total. The van der Waals surface area contributed by atoms with E-state index in [-0.39, 0.29) is 17.2 Å². The fourth-order valence-corrected chi connectivity index (χ4v) is 2.03. The SMILES string of the molecule is CCC(C)C(NC(=O)COC(=O)c1cc(OC)ccc1O)C(=O)OC. The molecule has 1 amide bonds. The first-order chi connectivity index (χ1) is 11.8. The summed E-state index contributed by atoms with van der Waals surface area (Å²) in [6, 6.07) is 3.23. The third kappa shape index (κ3) is 5.66. The molecule has 0 aromatic heterocycles. The third-order valence-corrected chi connectivity index (χ3v) is 3.74. The highest BCUT2D eigenvalue weighted by Gasteiger charge is 2.27. The van der Waals surface area contributed by atoms with Crippen molar-refractivity contribution in [2.45, 2.75) is 26.3 Å². The van der Waals surface area contributed by atoms with Crippen LogP contribution < -0.4 is 10.1 Å². The Morgan fingerprint density at radius 1 is 1.24 bits per heavy atom. The van der Waals surface area contributed by atoms with Crippen molar-refractivity contribution in [3.05, 3.63) is 23.8 Å². The Labute approximate surface area is 146 Å². The lowest BCUT2D eigenvalue weighted by atomic mass is 9.99. The van der Waals surface area contributed by atoms with Gasteiger partial charge in [0.1, 0.15) is 23.1 Å². The van der Waals surface area contributed by atoms with Gasteiger partial charge in [-0.15, -0.1) is 0 Å². The summed E-state index contributed by atoms with van der Waals surface area (Å²) in [4.78, 5) is 35.7. The van der Waals surface area contributed by atoms with E-state index in [1.165, 1.54) is 32.4 Å². The minimum atomic E-state index is -0.885. The fraction of sp³-hybridized carbons (Fsp3) is 0.471. The molecule has 0 aliphatic rings. The predicted molar refractivity (Wildman–Crippen MR) is 88.3 cm³/mol. The minimum Gasteiger partial charge on any atom is -0.507 e. The van der Waals surface area contributed by atoms with Gasteiger partial charge in [0, 0.05) is 0 Å². The van der Waals surface area contributed by atoms with Gasteiger partial charge in [0.05, 0.1) is 14.2 Å². The summed E-state index contributed by atoms with van der Waals surface area (Å²) >= 11 is 0. The zero-order chi connectivity index (χ0) is 19.0. The molecule has 0 spiro atoms. The highest BCUT2D eigenvalue weighted by atomic mass is 16.5. The number of amides is 1. The van der Waals surface area contributed by atoms with E-state index in [0.29, 0.717) is 12.2 Å². The van der Waals surface area contributed by atoms with Gasteiger partial charge in [-0.05, 0) is 24.1 Å². The van der Waals surface area contributed by atoms with Crippen LogP contribution in [-0.4, -0.2) is 49.8 Å². The standard InChI is InChI=1S/C17H23NO7/c1-5-10(2)15(17(22)24-4)18-14(20)9-25-16(21)12-8-11(23-3)6-7-13(12)19/h6-8,10,15,19H,5,9H2,1-4H3,(H,18,20). The zero-order valence-electron chi connectivity index (χ0n) is 14.7. The highest BCUT2D eigenvalue weighted by molar-refractivity contribution is 5.94. The summed E-state index contributed by atoms with van der Waals surface area (Å²) < 4.78 is 14.5. The van der Waals surface area contributed by atoms with Crippen LogP contribution in [0.1, 0.15) is 30.6 Å². The van der Waals surface area contributed by atoms with Crippen molar-refractivity contribution in [1.29, 1.82) is 0 Å². The monoisotopic (exact) mass is 353 g/mol. The van der Waals surface area contributed by atoms with Crippen LogP contribution in [0.3, 0.4) is 0 Å². The van der Waals surface area contributed by atoms with Crippen molar-refractivity contribution in [3.8, 4) is 11.5 Å². The van der Waals surface area contributed by atoms with Gasteiger partial charge in [0.2, 0.25) is 0 Å². The largest absolute Gasteiger partial charge is 0.507 e. The molecule has 2 N–H and O–H groups in total. The summed E-state index contributed by atoms with van der Waals surface area (Å²) in [6.45, 7) is 3.07. The molecule has 0 aliphatic carbocycles. The molecule has 0 saturated carbocycles. The number of hydrogen-bond donors (Lipinski definition) is 2. The Kier molecular flexibility index (Phi) is 7.71. The Morgan fingerprint density at radius 3 is 2.48 bits per heavy atom. The molecule has 1 rings (SSSR count). The van der Waals surface area contributed by atoms with Crippen molar-refractivity contribution in [1.82, 2.24) is 5.32 Å². The minimum absolute atomic E-state index is 0.126. The second kappa shape index (κ2) is 9.51. The van der Waals surface area contributed by atoms with E-state index in [2.05, 4.69) is 10.1 Å². The van der Waals surface area contributed by atoms with Crippen LogP contribution in [0.2, 0.25) is 0 Å². The van der Waals surface area contributed by atoms with Crippen molar-refractivity contribution >= 4 is 17.8 Å². The summed E-state index contributed by atoms with van der Waals surface area (Å²) in [5, 5.41) is 12.2. The first-order valence-electron chi connectivity index (χ1n) is 7.75. The molecule has 0 bridgehead atoms. The first kappa shape index (κ1) is 20.3. The Bertz CT molecular complexity index is 629. The molecule has 1 aromatic carbocycles. The first-order valence-corrected chi connectivity index (χ1v) is 7.75. The molecule has 0 saturated heterocycles. The van der Waals surface area contributed by atoms with Crippen LogP contribution in [0.15, 0.2) is 18.2 Å². The van der Waals surface area contributed by atoms with E-state index in [1.54, 1.807) is 6.92 Å². The molecule has 138 valence electrons. The molecular weight excluding hydrogens is 330 g/mol. The van der Waals surface area contributed by atoms with Crippen LogP contribution in [0.5, 0.6) is 11.5 Å². The molecular formula is C17H23NO7. The number of nitrogens with one attached hydrogen (secondary N) is 1. The fourth-order valence-electron chi connectivity index (χ4n) is 2.03. The maximum atomic E-state index is 12.0. The summed E-state index contributed by atoms with van der Waals surface area (Å²) in [7, 11) is 2.65. The summed E-state index contributed by atoms with van der Waals surface area (Å²) in [5.41, 5.74) is -0.126. The van der Waals surface area contributed by atoms with Crippen molar-refractivity contribution < 1.29 is 33.7 Å². The Morgan fingerprint density at radius 2 is 1.92 bits per heavy atom. The Hall–Kier alpha value is -2.77. The molecule has 2 atom stereocenters. The molecule has 1 aromatic rings. The van der Waals surface area contributed by atoms with Gasteiger partial charge in [-0.2, -0.15) is 0 Å². The number of esters is 2. The topological polar surface area (TPSA) is 111 Å². The average Bonchev–Trinajstić information content (AvgIpc) is 2.63. The number of rotatable bonds is 8. The Balaban J connectivity index is 2.69. The quantitative estimate of drug-likeness (QED) is 0.677. The highest BCUT2D eigenvalue weighted by Crippen LogP contribution is 2.23. The molecule has 8 heteroatoms.